The fourth-order valence-electron chi connectivity index (χ4n) is 3.42. The monoisotopic (exact) mass is 534 g/mol. The quantitative estimate of drug-likeness (QED) is 0.220. The predicted octanol–water partition coefficient (Wildman–Crippen LogP) is 3.11. The number of hydrogen-bond donors (Lipinski definition) is 2. The van der Waals surface area contributed by atoms with Crippen molar-refractivity contribution in [2.45, 2.75) is 31.9 Å². The summed E-state index contributed by atoms with van der Waals surface area (Å²) in [5.41, 5.74) is 2.59. The van der Waals surface area contributed by atoms with Crippen LogP contribution in [0.4, 0.5) is 5.69 Å². The van der Waals surface area contributed by atoms with Crippen molar-refractivity contribution in [2.24, 2.45) is 4.99 Å². The van der Waals surface area contributed by atoms with Gasteiger partial charge in [-0.3, -0.25) is 4.99 Å². The Morgan fingerprint density at radius 2 is 2.03 bits per heavy atom. The van der Waals surface area contributed by atoms with Crippen molar-refractivity contribution in [1.82, 2.24) is 10.6 Å². The fourth-order valence-corrected chi connectivity index (χ4v) is 4.33. The highest BCUT2D eigenvalue weighted by Gasteiger charge is 2.15. The minimum absolute atomic E-state index is 0. The van der Waals surface area contributed by atoms with Crippen LogP contribution < -0.4 is 15.5 Å². The van der Waals surface area contributed by atoms with Crippen LogP contribution in [0.15, 0.2) is 29.3 Å². The first kappa shape index (κ1) is 24.6. The Morgan fingerprint density at radius 1 is 1.24 bits per heavy atom. The van der Waals surface area contributed by atoms with Gasteiger partial charge in [0.1, 0.15) is 0 Å². The lowest BCUT2D eigenvalue weighted by molar-refractivity contribution is 0.0168. The van der Waals surface area contributed by atoms with Gasteiger partial charge in [-0.15, -0.1) is 24.0 Å². The maximum atomic E-state index is 5.69. The first-order valence-electron chi connectivity index (χ1n) is 10.4. The smallest absolute Gasteiger partial charge is 0.191 e. The standard InChI is InChI=1S/C21H34N4O2S.HI/c1-22-21(23-9-3-12-26-17-20-4-2-13-27-20)24-16-18-5-7-19(8-6-18)25-10-14-28-15-11-25;/h5-8,20H,2-4,9-17H2,1H3,(H2,22,23,24);1H. The maximum Gasteiger partial charge on any atom is 0.191 e. The molecule has 2 N–H and O–H groups in total. The third kappa shape index (κ3) is 8.90. The number of nitrogens with zero attached hydrogens (tertiary/aromatic N) is 2. The molecule has 1 atom stereocenters. The van der Waals surface area contributed by atoms with Gasteiger partial charge in [-0.2, -0.15) is 11.8 Å². The SMILES string of the molecule is CN=C(NCCCOCC1CCCO1)NCc1ccc(N2CCSCC2)cc1.I. The van der Waals surface area contributed by atoms with Crippen molar-refractivity contribution in [1.29, 1.82) is 0 Å². The molecule has 2 aliphatic rings. The highest BCUT2D eigenvalue weighted by molar-refractivity contribution is 14.0. The van der Waals surface area contributed by atoms with Gasteiger partial charge in [-0.25, -0.2) is 0 Å². The summed E-state index contributed by atoms with van der Waals surface area (Å²) in [7, 11) is 1.81. The molecule has 1 aromatic rings. The maximum absolute atomic E-state index is 5.69. The molecule has 2 fully saturated rings. The molecule has 164 valence electrons. The Hall–Kier alpha value is -0.710. The van der Waals surface area contributed by atoms with Gasteiger partial charge >= 0.3 is 0 Å². The zero-order chi connectivity index (χ0) is 19.4. The lowest BCUT2D eigenvalue weighted by Crippen LogP contribution is -2.37. The molecule has 2 heterocycles. The van der Waals surface area contributed by atoms with E-state index in [1.54, 1.807) is 7.05 Å². The van der Waals surface area contributed by atoms with Crippen molar-refractivity contribution < 1.29 is 9.47 Å². The molecule has 0 aliphatic carbocycles. The first-order chi connectivity index (χ1) is 13.8. The number of thioether (sulfide) groups is 1. The van der Waals surface area contributed by atoms with Crippen molar-refractivity contribution >= 4 is 47.4 Å². The summed E-state index contributed by atoms with van der Waals surface area (Å²) in [6, 6.07) is 8.87. The number of ether oxygens (including phenoxy) is 2. The lowest BCUT2D eigenvalue weighted by atomic mass is 10.2. The van der Waals surface area contributed by atoms with Gasteiger partial charge in [0, 0.05) is 63.6 Å². The van der Waals surface area contributed by atoms with E-state index in [0.717, 1.165) is 71.2 Å². The van der Waals surface area contributed by atoms with Crippen LogP contribution in [0.5, 0.6) is 0 Å². The molecule has 0 aromatic heterocycles. The van der Waals surface area contributed by atoms with Crippen molar-refractivity contribution in [3.63, 3.8) is 0 Å². The average Bonchev–Trinajstić information content (AvgIpc) is 3.27. The van der Waals surface area contributed by atoms with E-state index in [1.165, 1.54) is 22.8 Å². The van der Waals surface area contributed by atoms with E-state index in [2.05, 4.69) is 44.8 Å². The molecular formula is C21H35IN4O2S. The van der Waals surface area contributed by atoms with E-state index < -0.39 is 0 Å². The van der Waals surface area contributed by atoms with Crippen molar-refractivity contribution in [3.05, 3.63) is 29.8 Å². The molecule has 3 rings (SSSR count). The predicted molar refractivity (Wildman–Crippen MR) is 134 cm³/mol. The van der Waals surface area contributed by atoms with Crippen LogP contribution in [0.2, 0.25) is 0 Å². The zero-order valence-corrected chi connectivity index (χ0v) is 20.5. The summed E-state index contributed by atoms with van der Waals surface area (Å²) < 4.78 is 11.3. The van der Waals surface area contributed by atoms with Crippen LogP contribution in [0.25, 0.3) is 0 Å². The number of anilines is 1. The number of guanidine groups is 1. The van der Waals surface area contributed by atoms with Gasteiger partial charge < -0.3 is 25.0 Å². The van der Waals surface area contributed by atoms with E-state index in [4.69, 9.17) is 9.47 Å². The topological polar surface area (TPSA) is 58.1 Å². The Morgan fingerprint density at radius 3 is 2.72 bits per heavy atom. The van der Waals surface area contributed by atoms with Crippen molar-refractivity contribution in [2.75, 3.05) is 62.9 Å². The molecule has 2 saturated heterocycles. The van der Waals surface area contributed by atoms with Crippen LogP contribution >= 0.6 is 35.7 Å². The molecule has 2 aliphatic heterocycles. The summed E-state index contributed by atoms with van der Waals surface area (Å²) in [5, 5.41) is 6.73. The third-order valence-corrected chi connectivity index (χ3v) is 6.02. The molecule has 6 nitrogen and oxygen atoms in total. The van der Waals surface area contributed by atoms with E-state index in [1.807, 2.05) is 11.8 Å². The fraction of sp³-hybridized carbons (Fsp3) is 0.667. The zero-order valence-electron chi connectivity index (χ0n) is 17.4. The highest BCUT2D eigenvalue weighted by atomic mass is 127. The second-order valence-corrected chi connectivity index (χ2v) is 8.41. The molecule has 8 heteroatoms. The third-order valence-electron chi connectivity index (χ3n) is 5.08. The minimum Gasteiger partial charge on any atom is -0.379 e. The Balaban J connectivity index is 0.00000300. The van der Waals surface area contributed by atoms with Gasteiger partial charge in [0.2, 0.25) is 0 Å². The number of aliphatic imine (C=N–C) groups is 1. The molecule has 0 saturated carbocycles. The van der Waals surface area contributed by atoms with Gasteiger partial charge in [0.25, 0.3) is 0 Å². The molecule has 0 spiro atoms. The largest absolute Gasteiger partial charge is 0.379 e. The second-order valence-electron chi connectivity index (χ2n) is 7.18. The normalized spacial score (nSPS) is 19.7. The number of hydrogen-bond acceptors (Lipinski definition) is 5. The van der Waals surface area contributed by atoms with Crippen LogP contribution in [0.3, 0.4) is 0 Å². The number of benzene rings is 1. The Kier molecular flexibility index (Phi) is 12.1. The second kappa shape index (κ2) is 14.3. The molecule has 0 bridgehead atoms. The van der Waals surface area contributed by atoms with Crippen LogP contribution in [-0.4, -0.2) is 70.1 Å². The summed E-state index contributed by atoms with van der Waals surface area (Å²) in [4.78, 5) is 6.77. The van der Waals surface area contributed by atoms with Crippen molar-refractivity contribution in [3.8, 4) is 0 Å². The van der Waals surface area contributed by atoms with Crippen LogP contribution in [0.1, 0.15) is 24.8 Å². The molecule has 1 unspecified atom stereocenters. The summed E-state index contributed by atoms with van der Waals surface area (Å²) in [6.07, 6.45) is 3.56. The van der Waals surface area contributed by atoms with Gasteiger partial charge in [-0.1, -0.05) is 12.1 Å². The summed E-state index contributed by atoms with van der Waals surface area (Å²) >= 11 is 2.04. The molecule has 29 heavy (non-hydrogen) atoms. The highest BCUT2D eigenvalue weighted by Crippen LogP contribution is 2.19. The lowest BCUT2D eigenvalue weighted by Gasteiger charge is -2.28. The molecular weight excluding hydrogens is 499 g/mol. The molecule has 0 radical (unpaired) electrons. The van der Waals surface area contributed by atoms with E-state index in [0.29, 0.717) is 6.10 Å². The first-order valence-corrected chi connectivity index (χ1v) is 11.6. The van der Waals surface area contributed by atoms with Gasteiger partial charge in [-0.05, 0) is 37.0 Å². The van der Waals surface area contributed by atoms with E-state index in [-0.39, 0.29) is 24.0 Å². The van der Waals surface area contributed by atoms with Crippen LogP contribution in [-0.2, 0) is 16.0 Å². The van der Waals surface area contributed by atoms with Gasteiger partial charge in [0.15, 0.2) is 5.96 Å². The average molecular weight is 535 g/mol. The summed E-state index contributed by atoms with van der Waals surface area (Å²) in [5.74, 6) is 3.28. The molecule has 0 amide bonds. The number of halogens is 1. The van der Waals surface area contributed by atoms with E-state index >= 15 is 0 Å². The number of rotatable bonds is 9. The minimum atomic E-state index is 0. The Labute approximate surface area is 196 Å². The Bertz CT molecular complexity index is 591. The van der Waals surface area contributed by atoms with Gasteiger partial charge in [0.05, 0.1) is 12.7 Å². The molecule has 1 aromatic carbocycles. The number of nitrogens with one attached hydrogen (secondary N) is 2. The van der Waals surface area contributed by atoms with Crippen LogP contribution in [0, 0.1) is 0 Å². The van der Waals surface area contributed by atoms with E-state index in [9.17, 15) is 0 Å². The summed E-state index contributed by atoms with van der Waals surface area (Å²) in [6.45, 7) is 6.27.